The number of fused-ring (bicyclic) bond motifs is 5. The summed E-state index contributed by atoms with van der Waals surface area (Å²) in [6, 6.07) is 52.8. The molecule has 0 radical (unpaired) electrons. The zero-order chi connectivity index (χ0) is 29.7. The molecule has 8 aromatic rings. The molecule has 7 aromatic carbocycles. The molecule has 0 bridgehead atoms. The number of rotatable bonds is 4. The number of hydrogen-bond acceptors (Lipinski definition) is 4. The van der Waals surface area contributed by atoms with Gasteiger partial charge in [-0.25, -0.2) is 9.98 Å². The maximum Gasteiger partial charge on any atom is 0.170 e. The Labute approximate surface area is 260 Å². The Morgan fingerprint density at radius 2 is 1.04 bits per heavy atom. The Bertz CT molecular complexity index is 2470. The van der Waals surface area contributed by atoms with Crippen molar-refractivity contribution in [3.05, 3.63) is 168 Å². The highest BCUT2D eigenvalue weighted by Crippen LogP contribution is 2.38. The Balaban J connectivity index is 1.19. The summed E-state index contributed by atoms with van der Waals surface area (Å²) in [5, 5.41) is 10.5. The first kappa shape index (κ1) is 25.5. The molecule has 212 valence electrons. The van der Waals surface area contributed by atoms with Gasteiger partial charge in [-0.15, -0.1) is 0 Å². The van der Waals surface area contributed by atoms with Gasteiger partial charge in [0, 0.05) is 27.5 Å². The zero-order valence-electron chi connectivity index (χ0n) is 24.3. The number of hydrogen-bond donors (Lipinski definition) is 1. The number of nitrogens with zero attached hydrogens (tertiary/aromatic N) is 2. The van der Waals surface area contributed by atoms with Crippen molar-refractivity contribution in [3.8, 4) is 11.1 Å². The lowest BCUT2D eigenvalue weighted by molar-refractivity contribution is 0.668. The Hall–Kier alpha value is -6.00. The number of nitrogens with one attached hydrogen (secondary N) is 1. The first-order valence-corrected chi connectivity index (χ1v) is 15.2. The Morgan fingerprint density at radius 3 is 1.80 bits per heavy atom. The van der Waals surface area contributed by atoms with Crippen LogP contribution in [0.25, 0.3) is 54.6 Å². The van der Waals surface area contributed by atoms with Crippen molar-refractivity contribution < 1.29 is 4.42 Å². The van der Waals surface area contributed by atoms with Crippen molar-refractivity contribution in [3.63, 3.8) is 0 Å². The molecule has 0 saturated carbocycles. The summed E-state index contributed by atoms with van der Waals surface area (Å²) in [5.41, 5.74) is 7.01. The van der Waals surface area contributed by atoms with Gasteiger partial charge in [0.1, 0.15) is 22.8 Å². The van der Waals surface area contributed by atoms with Crippen LogP contribution in [-0.2, 0) is 0 Å². The first-order chi connectivity index (χ1) is 22.3. The summed E-state index contributed by atoms with van der Waals surface area (Å²) in [4.78, 5) is 10.4. The van der Waals surface area contributed by atoms with Gasteiger partial charge in [0.15, 0.2) is 6.17 Å². The lowest BCUT2D eigenvalue weighted by Gasteiger charge is -2.23. The van der Waals surface area contributed by atoms with Crippen LogP contribution in [0.1, 0.15) is 22.9 Å². The second-order valence-corrected chi connectivity index (χ2v) is 11.5. The maximum absolute atomic E-state index is 6.49. The van der Waals surface area contributed by atoms with Crippen LogP contribution in [0, 0.1) is 0 Å². The Kier molecular flexibility index (Phi) is 5.85. The van der Waals surface area contributed by atoms with E-state index in [1.165, 1.54) is 21.5 Å². The molecular weight excluding hydrogens is 550 g/mol. The second-order valence-electron chi connectivity index (χ2n) is 11.5. The van der Waals surface area contributed by atoms with Gasteiger partial charge < -0.3 is 9.73 Å². The predicted molar refractivity (Wildman–Crippen MR) is 186 cm³/mol. The van der Waals surface area contributed by atoms with Crippen molar-refractivity contribution >= 4 is 55.2 Å². The second kappa shape index (κ2) is 10.3. The molecule has 0 fully saturated rings. The summed E-state index contributed by atoms with van der Waals surface area (Å²) in [6.45, 7) is 0. The summed E-state index contributed by atoms with van der Waals surface area (Å²) >= 11 is 0. The van der Waals surface area contributed by atoms with E-state index in [1.54, 1.807) is 0 Å². The molecule has 4 nitrogen and oxygen atoms in total. The third kappa shape index (κ3) is 4.47. The van der Waals surface area contributed by atoms with Gasteiger partial charge in [-0.2, -0.15) is 0 Å². The van der Waals surface area contributed by atoms with E-state index in [4.69, 9.17) is 14.4 Å². The van der Waals surface area contributed by atoms with Crippen LogP contribution in [-0.4, -0.2) is 11.7 Å². The molecule has 1 aromatic heterocycles. The molecule has 2 heterocycles. The van der Waals surface area contributed by atoms with Crippen molar-refractivity contribution in [2.75, 3.05) is 0 Å². The average Bonchev–Trinajstić information content (AvgIpc) is 3.49. The topological polar surface area (TPSA) is 49.9 Å². The molecule has 0 spiro atoms. The normalized spacial score (nSPS) is 14.9. The summed E-state index contributed by atoms with van der Waals surface area (Å²) in [6.07, 6.45) is -0.451. The monoisotopic (exact) mass is 577 g/mol. The summed E-state index contributed by atoms with van der Waals surface area (Å²) in [5.74, 6) is 1.59. The zero-order valence-corrected chi connectivity index (χ0v) is 24.3. The van der Waals surface area contributed by atoms with E-state index >= 15 is 0 Å². The van der Waals surface area contributed by atoms with Crippen LogP contribution in [0.5, 0.6) is 0 Å². The smallest absolute Gasteiger partial charge is 0.170 e. The highest BCUT2D eigenvalue weighted by molar-refractivity contribution is 6.17. The molecular formula is C41H27N3O. The minimum absolute atomic E-state index is 0.451. The van der Waals surface area contributed by atoms with Crippen molar-refractivity contribution in [2.24, 2.45) is 9.98 Å². The quantitative estimate of drug-likeness (QED) is 0.226. The van der Waals surface area contributed by atoms with Crippen LogP contribution >= 0.6 is 0 Å². The van der Waals surface area contributed by atoms with Crippen LogP contribution in [0.3, 0.4) is 0 Å². The third-order valence-electron chi connectivity index (χ3n) is 8.70. The minimum Gasteiger partial charge on any atom is -0.456 e. The lowest BCUT2D eigenvalue weighted by atomic mass is 9.99. The van der Waals surface area contributed by atoms with E-state index in [2.05, 4.69) is 127 Å². The molecule has 1 aliphatic rings. The van der Waals surface area contributed by atoms with Crippen LogP contribution in [0.15, 0.2) is 166 Å². The van der Waals surface area contributed by atoms with Crippen LogP contribution in [0.4, 0.5) is 0 Å². The summed E-state index contributed by atoms with van der Waals surface area (Å²) in [7, 11) is 0. The fourth-order valence-electron chi connectivity index (χ4n) is 6.43. The van der Waals surface area contributed by atoms with E-state index in [-0.39, 0.29) is 0 Å². The molecule has 9 rings (SSSR count). The Morgan fingerprint density at radius 1 is 0.444 bits per heavy atom. The molecule has 1 atom stereocenters. The van der Waals surface area contributed by atoms with E-state index in [1.807, 2.05) is 30.3 Å². The number of aliphatic imine (C=N–C) groups is 2. The van der Waals surface area contributed by atoms with Gasteiger partial charge in [0.2, 0.25) is 0 Å². The van der Waals surface area contributed by atoms with E-state index in [0.717, 1.165) is 61.4 Å². The van der Waals surface area contributed by atoms with E-state index < -0.39 is 6.17 Å². The van der Waals surface area contributed by atoms with E-state index in [9.17, 15) is 0 Å². The molecule has 45 heavy (non-hydrogen) atoms. The highest BCUT2D eigenvalue weighted by Gasteiger charge is 2.24. The predicted octanol–water partition coefficient (Wildman–Crippen LogP) is 10.1. The average molecular weight is 578 g/mol. The number of furan rings is 1. The third-order valence-corrected chi connectivity index (χ3v) is 8.70. The SMILES string of the molecule is c1ccc(C2=NC(c3cccc4oc5cc(-c6ccc7ccccc7c6)ccc5c34)N=C(c3ccc4ccccc4c3)N2)cc1. The van der Waals surface area contributed by atoms with Gasteiger partial charge in [-0.05, 0) is 63.0 Å². The molecule has 0 saturated heterocycles. The highest BCUT2D eigenvalue weighted by atomic mass is 16.3. The maximum atomic E-state index is 6.49. The standard InChI is InChI=1S/C41H27N3O/c1-2-11-28(12-3-1)39-42-40(33-20-18-27-10-5-7-14-30(27)24-33)44-41(43-39)35-15-8-16-36-38(35)34-22-21-32(25-37(34)45-36)31-19-17-26-9-4-6-13-29(26)23-31/h1-25,41H,(H,42,43,44). The van der Waals surface area contributed by atoms with Gasteiger partial charge in [0.25, 0.3) is 0 Å². The first-order valence-electron chi connectivity index (χ1n) is 15.2. The molecule has 1 unspecified atom stereocenters. The van der Waals surface area contributed by atoms with E-state index in [0.29, 0.717) is 0 Å². The van der Waals surface area contributed by atoms with Crippen molar-refractivity contribution in [1.29, 1.82) is 0 Å². The van der Waals surface area contributed by atoms with Crippen LogP contribution in [0.2, 0.25) is 0 Å². The number of benzene rings is 7. The molecule has 0 aliphatic carbocycles. The van der Waals surface area contributed by atoms with Crippen LogP contribution < -0.4 is 5.32 Å². The van der Waals surface area contributed by atoms with Gasteiger partial charge in [-0.1, -0.05) is 121 Å². The van der Waals surface area contributed by atoms with Gasteiger partial charge >= 0.3 is 0 Å². The lowest BCUT2D eigenvalue weighted by Crippen LogP contribution is -2.36. The molecule has 0 amide bonds. The van der Waals surface area contributed by atoms with Crippen molar-refractivity contribution in [2.45, 2.75) is 6.17 Å². The molecule has 1 aliphatic heterocycles. The summed E-state index contributed by atoms with van der Waals surface area (Å²) < 4.78 is 6.49. The fourth-order valence-corrected chi connectivity index (χ4v) is 6.43. The molecule has 4 heteroatoms. The minimum atomic E-state index is -0.451. The number of amidine groups is 2. The largest absolute Gasteiger partial charge is 0.456 e. The fraction of sp³-hybridized carbons (Fsp3) is 0.0244. The molecule has 1 N–H and O–H groups in total. The van der Waals surface area contributed by atoms with Gasteiger partial charge in [0.05, 0.1) is 0 Å². The van der Waals surface area contributed by atoms with Gasteiger partial charge in [-0.3, -0.25) is 0 Å². The van der Waals surface area contributed by atoms with Crippen molar-refractivity contribution in [1.82, 2.24) is 5.32 Å².